The van der Waals surface area contributed by atoms with Crippen LogP contribution in [-0.2, 0) is 124 Å². The van der Waals surface area contributed by atoms with Crippen molar-refractivity contribution in [2.75, 3.05) is 0 Å². The predicted octanol–water partition coefficient (Wildman–Crippen LogP) is -0.0150. The van der Waals surface area contributed by atoms with Gasteiger partial charge in [-0.2, -0.15) is 0 Å². The van der Waals surface area contributed by atoms with Gasteiger partial charge in [0.1, 0.15) is 0 Å². The van der Waals surface area contributed by atoms with Gasteiger partial charge in [0.15, 0.2) is 0 Å². The molecule has 0 nitrogen and oxygen atoms in total. The van der Waals surface area contributed by atoms with Crippen LogP contribution in [0.25, 0.3) is 0 Å². The van der Waals surface area contributed by atoms with E-state index in [1.165, 1.54) is 0 Å². The molecule has 0 saturated carbocycles. The minimum atomic E-state index is 0. The second-order valence-corrected chi connectivity index (χ2v) is 0. The standard InChI is InChI=1S/2Fe.2V.2Zr. The molecule has 0 spiro atoms. The van der Waals surface area contributed by atoms with Crippen LogP contribution in [0.15, 0.2) is 0 Å². The van der Waals surface area contributed by atoms with E-state index in [-0.39, 0.29) is 124 Å². The Morgan fingerprint density at radius 1 is 0.500 bits per heavy atom. The van der Waals surface area contributed by atoms with Crippen LogP contribution in [0.5, 0.6) is 0 Å². The van der Waals surface area contributed by atoms with Crippen molar-refractivity contribution in [2.24, 2.45) is 0 Å². The molecule has 0 bridgehead atoms. The molecular formula is Fe2V2Zr2. The minimum Gasteiger partial charge on any atom is 0 e. The molecule has 0 aliphatic heterocycles. The van der Waals surface area contributed by atoms with Crippen molar-refractivity contribution in [3.8, 4) is 0 Å². The Balaban J connectivity index is 0. The van der Waals surface area contributed by atoms with Crippen LogP contribution in [0.1, 0.15) is 0 Å². The molecule has 6 heteroatoms. The van der Waals surface area contributed by atoms with Crippen LogP contribution in [0, 0.1) is 0 Å². The topological polar surface area (TPSA) is 0 Å². The average Bonchev–Trinajstić information content (AvgIpc) is 0. The zero-order valence-electron chi connectivity index (χ0n) is 2.60. The second kappa shape index (κ2) is 36.1. The Labute approximate surface area is 121 Å². The quantitative estimate of drug-likeness (QED) is 0.506. The summed E-state index contributed by atoms with van der Waals surface area (Å²) in [6.07, 6.45) is 0. The fraction of sp³-hybridized carbons (Fsp3) is 0. The zero-order chi connectivity index (χ0) is 0. The van der Waals surface area contributed by atoms with Gasteiger partial charge in [-0.05, 0) is 0 Å². The molecule has 0 heterocycles. The van der Waals surface area contributed by atoms with Crippen molar-refractivity contribution in [3.63, 3.8) is 0 Å². The molecule has 2 radical (unpaired) electrons. The monoisotopic (exact) mass is 394 g/mol. The first-order valence-corrected chi connectivity index (χ1v) is 0. The first kappa shape index (κ1) is 50.9. The fourth-order valence-corrected chi connectivity index (χ4v) is 0. The fourth-order valence-electron chi connectivity index (χ4n) is 0. The third-order valence-corrected chi connectivity index (χ3v) is 0. The Hall–Kier alpha value is 3.97. The van der Waals surface area contributed by atoms with Crippen molar-refractivity contribution in [3.05, 3.63) is 0 Å². The number of rotatable bonds is 0. The van der Waals surface area contributed by atoms with Crippen molar-refractivity contribution >= 4 is 0 Å². The Bertz CT molecular complexity index is 9.51. The van der Waals surface area contributed by atoms with Crippen LogP contribution < -0.4 is 0 Å². The normalized spacial score (nSPS) is 0. The van der Waals surface area contributed by atoms with Gasteiger partial charge in [-0.15, -0.1) is 0 Å². The van der Waals surface area contributed by atoms with E-state index < -0.39 is 0 Å². The Morgan fingerprint density at radius 3 is 0.500 bits per heavy atom. The molecule has 0 amide bonds. The van der Waals surface area contributed by atoms with Crippen LogP contribution in [0.2, 0.25) is 0 Å². The first-order valence-electron chi connectivity index (χ1n) is 0. The average molecular weight is 396 g/mol. The first-order chi connectivity index (χ1) is 0. The molecule has 0 aliphatic carbocycles. The summed E-state index contributed by atoms with van der Waals surface area (Å²) >= 11 is 0. The summed E-state index contributed by atoms with van der Waals surface area (Å²) in [6, 6.07) is 0. The maximum Gasteiger partial charge on any atom is 0 e. The summed E-state index contributed by atoms with van der Waals surface area (Å²) in [6.45, 7) is 0. The smallest absolute Gasteiger partial charge is 0 e. The van der Waals surface area contributed by atoms with E-state index in [1.807, 2.05) is 0 Å². The Morgan fingerprint density at radius 2 is 0.500 bits per heavy atom. The zero-order valence-corrected chi connectivity index (χ0v) is 12.5. The summed E-state index contributed by atoms with van der Waals surface area (Å²) in [5.74, 6) is 0. The van der Waals surface area contributed by atoms with Gasteiger partial charge in [-0.3, -0.25) is 0 Å². The largest absolute Gasteiger partial charge is 0 e. The molecule has 0 aromatic carbocycles. The molecule has 0 aromatic heterocycles. The minimum absolute atomic E-state index is 0. The van der Waals surface area contributed by atoms with Gasteiger partial charge in [0.25, 0.3) is 0 Å². The molecule has 0 N–H and O–H groups in total. The predicted molar refractivity (Wildman–Crippen MR) is 0 cm³/mol. The summed E-state index contributed by atoms with van der Waals surface area (Å²) in [4.78, 5) is 0. The van der Waals surface area contributed by atoms with Gasteiger partial charge < -0.3 is 0 Å². The number of hydrogen-bond acceptors (Lipinski definition) is 0. The third kappa shape index (κ3) is 24.6. The molecule has 0 aliphatic rings. The molecule has 0 rings (SSSR count). The van der Waals surface area contributed by atoms with Crippen LogP contribution >= 0.6 is 0 Å². The molecule has 0 fully saturated rings. The van der Waals surface area contributed by atoms with Gasteiger partial charge in [-0.1, -0.05) is 0 Å². The third-order valence-electron chi connectivity index (χ3n) is 0. The molecule has 6 heavy (non-hydrogen) atoms. The SMILES string of the molecule is [Fe].[Fe].[V].[V].[Zr].[Zr]. The molecule has 0 aromatic rings. The summed E-state index contributed by atoms with van der Waals surface area (Å²) in [5, 5.41) is 0. The molecule has 0 atom stereocenters. The van der Waals surface area contributed by atoms with Crippen molar-refractivity contribution in [2.45, 2.75) is 0 Å². The van der Waals surface area contributed by atoms with Crippen molar-refractivity contribution in [1.82, 2.24) is 0 Å². The van der Waals surface area contributed by atoms with E-state index in [9.17, 15) is 0 Å². The van der Waals surface area contributed by atoms with Gasteiger partial charge >= 0.3 is 0 Å². The summed E-state index contributed by atoms with van der Waals surface area (Å²) in [7, 11) is 0. The number of hydrogen-bond donors (Lipinski definition) is 0. The van der Waals surface area contributed by atoms with Gasteiger partial charge in [-0.25, -0.2) is 0 Å². The summed E-state index contributed by atoms with van der Waals surface area (Å²) in [5.41, 5.74) is 0. The van der Waals surface area contributed by atoms with Gasteiger partial charge in [0.05, 0.1) is 0 Å². The van der Waals surface area contributed by atoms with E-state index in [4.69, 9.17) is 0 Å². The van der Waals surface area contributed by atoms with Crippen molar-refractivity contribution < 1.29 is 124 Å². The molecule has 34 valence electrons. The van der Waals surface area contributed by atoms with Gasteiger partial charge in [0, 0.05) is 124 Å². The maximum absolute atomic E-state index is 0. The Kier molecular flexibility index (Phi) is 306. The maximum atomic E-state index is 0. The van der Waals surface area contributed by atoms with E-state index in [2.05, 4.69) is 0 Å². The van der Waals surface area contributed by atoms with E-state index in [0.29, 0.717) is 0 Å². The van der Waals surface area contributed by atoms with Gasteiger partial charge in [0.2, 0.25) is 0 Å². The molecule has 0 saturated heterocycles. The second-order valence-electron chi connectivity index (χ2n) is 0. The molecule has 0 unspecified atom stereocenters. The van der Waals surface area contributed by atoms with Crippen LogP contribution in [-0.4, -0.2) is 0 Å². The van der Waals surface area contributed by atoms with E-state index >= 15 is 0 Å². The van der Waals surface area contributed by atoms with Crippen molar-refractivity contribution in [1.29, 1.82) is 0 Å². The van der Waals surface area contributed by atoms with Crippen LogP contribution in [0.3, 0.4) is 0 Å². The van der Waals surface area contributed by atoms with Crippen LogP contribution in [0.4, 0.5) is 0 Å². The molecular weight excluding hydrogens is 396 g/mol. The van der Waals surface area contributed by atoms with E-state index in [1.54, 1.807) is 0 Å². The summed E-state index contributed by atoms with van der Waals surface area (Å²) < 4.78 is 0. The van der Waals surface area contributed by atoms with E-state index in [0.717, 1.165) is 0 Å².